The lowest BCUT2D eigenvalue weighted by molar-refractivity contribution is -0.142. The number of hydrogen-bond donors (Lipinski definition) is 1. The van der Waals surface area contributed by atoms with Crippen LogP contribution in [0.5, 0.6) is 5.75 Å². The largest absolute Gasteiger partial charge is 0.497 e. The Morgan fingerprint density at radius 3 is 2.21 bits per heavy atom. The molecule has 0 heterocycles. The summed E-state index contributed by atoms with van der Waals surface area (Å²) < 4.78 is 10.8. The van der Waals surface area contributed by atoms with Crippen LogP contribution in [-0.2, 0) is 16.0 Å². The fourth-order valence-corrected chi connectivity index (χ4v) is 4.44. The number of fused-ring (bicyclic) bond motifs is 3. The van der Waals surface area contributed by atoms with Crippen molar-refractivity contribution in [3.8, 4) is 16.9 Å². The summed E-state index contributed by atoms with van der Waals surface area (Å²) in [6.45, 7) is 0.152. The average molecular weight is 446 g/mol. The van der Waals surface area contributed by atoms with Crippen LogP contribution < -0.4 is 4.74 Å². The highest BCUT2D eigenvalue weighted by Crippen LogP contribution is 2.44. The predicted octanol–water partition coefficient (Wildman–Crippen LogP) is 4.96. The quantitative estimate of drug-likeness (QED) is 0.530. The van der Waals surface area contributed by atoms with Crippen LogP contribution in [0.25, 0.3) is 11.1 Å². The van der Waals surface area contributed by atoms with Crippen LogP contribution in [0.1, 0.15) is 29.0 Å². The summed E-state index contributed by atoms with van der Waals surface area (Å²) in [5.41, 5.74) is 5.46. The molecule has 6 nitrogen and oxygen atoms in total. The summed E-state index contributed by atoms with van der Waals surface area (Å²) in [7, 11) is 3.06. The third kappa shape index (κ3) is 4.70. The number of nitrogens with zero attached hydrogens (tertiary/aromatic N) is 1. The maximum atomic E-state index is 12.8. The Hall–Kier alpha value is -3.80. The van der Waals surface area contributed by atoms with Crippen molar-refractivity contribution in [2.45, 2.75) is 24.8 Å². The lowest BCUT2D eigenvalue weighted by Gasteiger charge is -2.25. The highest BCUT2D eigenvalue weighted by molar-refractivity contribution is 5.81. The zero-order valence-corrected chi connectivity index (χ0v) is 18.7. The van der Waals surface area contributed by atoms with Crippen molar-refractivity contribution in [3.63, 3.8) is 0 Å². The molecule has 4 rings (SSSR count). The number of carbonyl (C=O) groups is 2. The van der Waals surface area contributed by atoms with Crippen molar-refractivity contribution in [1.82, 2.24) is 4.90 Å². The summed E-state index contributed by atoms with van der Waals surface area (Å²) in [5, 5.41) is 9.74. The van der Waals surface area contributed by atoms with Crippen LogP contribution >= 0.6 is 0 Å². The van der Waals surface area contributed by atoms with E-state index in [1.165, 1.54) is 11.9 Å². The van der Waals surface area contributed by atoms with Gasteiger partial charge in [-0.2, -0.15) is 0 Å². The third-order valence-corrected chi connectivity index (χ3v) is 6.22. The molecule has 1 aliphatic carbocycles. The molecule has 33 heavy (non-hydrogen) atoms. The molecule has 0 spiro atoms. The summed E-state index contributed by atoms with van der Waals surface area (Å²) in [4.78, 5) is 25.9. The van der Waals surface area contributed by atoms with Gasteiger partial charge in [-0.05, 0) is 52.8 Å². The van der Waals surface area contributed by atoms with E-state index in [1.807, 2.05) is 60.7 Å². The number of hydrogen-bond acceptors (Lipinski definition) is 4. The summed E-state index contributed by atoms with van der Waals surface area (Å²) >= 11 is 0. The van der Waals surface area contributed by atoms with Crippen molar-refractivity contribution in [2.24, 2.45) is 0 Å². The van der Waals surface area contributed by atoms with E-state index >= 15 is 0 Å². The zero-order chi connectivity index (χ0) is 23.4. The van der Waals surface area contributed by atoms with Gasteiger partial charge in [0.15, 0.2) is 0 Å². The molecule has 0 fully saturated rings. The SMILES string of the molecule is COc1cccc(CC[C@@H](C(=O)O)N(C)C(=O)OCC2c3ccccc3-c3ccccc32)c1. The number of amides is 1. The third-order valence-electron chi connectivity index (χ3n) is 6.22. The van der Waals surface area contributed by atoms with Gasteiger partial charge in [0, 0.05) is 13.0 Å². The fraction of sp³-hybridized carbons (Fsp3) is 0.259. The maximum Gasteiger partial charge on any atom is 0.410 e. The number of carboxylic acid groups (broad SMARTS) is 1. The second-order valence-corrected chi connectivity index (χ2v) is 8.16. The smallest absolute Gasteiger partial charge is 0.410 e. The van der Waals surface area contributed by atoms with Crippen LogP contribution in [0.2, 0.25) is 0 Å². The van der Waals surface area contributed by atoms with E-state index in [0.29, 0.717) is 12.2 Å². The molecule has 0 saturated carbocycles. The lowest BCUT2D eigenvalue weighted by Crippen LogP contribution is -2.43. The van der Waals surface area contributed by atoms with Crippen LogP contribution in [0.4, 0.5) is 4.79 Å². The molecule has 0 radical (unpaired) electrons. The Bertz CT molecular complexity index is 1110. The maximum absolute atomic E-state index is 12.8. The van der Waals surface area contributed by atoms with E-state index in [-0.39, 0.29) is 18.9 Å². The molecule has 170 valence electrons. The average Bonchev–Trinajstić information content (AvgIpc) is 3.16. The molecule has 3 aromatic carbocycles. The normalized spacial score (nSPS) is 13.0. The Balaban J connectivity index is 1.42. The summed E-state index contributed by atoms with van der Waals surface area (Å²) in [5.74, 6) is -0.423. The van der Waals surface area contributed by atoms with Gasteiger partial charge in [-0.15, -0.1) is 0 Å². The number of aryl methyl sites for hydroxylation is 1. The van der Waals surface area contributed by atoms with Gasteiger partial charge in [-0.3, -0.25) is 4.90 Å². The molecular formula is C27H27NO5. The van der Waals surface area contributed by atoms with Gasteiger partial charge in [-0.25, -0.2) is 9.59 Å². The Labute approximate surface area is 193 Å². The minimum atomic E-state index is -1.06. The predicted molar refractivity (Wildman–Crippen MR) is 126 cm³/mol. The zero-order valence-electron chi connectivity index (χ0n) is 18.7. The van der Waals surface area contributed by atoms with Crippen molar-refractivity contribution in [3.05, 3.63) is 89.5 Å². The highest BCUT2D eigenvalue weighted by Gasteiger charge is 2.31. The van der Waals surface area contributed by atoms with E-state index in [2.05, 4.69) is 12.1 Å². The standard InChI is InChI=1S/C27H27NO5/c1-28(25(26(29)30)15-14-18-8-7-9-19(16-18)32-2)27(31)33-17-24-22-12-5-3-10-20(22)21-11-4-6-13-23(21)24/h3-13,16,24-25H,14-15,17H2,1-2H3,(H,29,30)/t25-/m0/s1. The molecule has 1 aliphatic rings. The minimum Gasteiger partial charge on any atom is -0.497 e. The number of benzene rings is 3. The van der Waals surface area contributed by atoms with E-state index in [1.54, 1.807) is 7.11 Å². The van der Waals surface area contributed by atoms with Crippen LogP contribution in [0, 0.1) is 0 Å². The van der Waals surface area contributed by atoms with Gasteiger partial charge in [0.25, 0.3) is 0 Å². The number of ether oxygens (including phenoxy) is 2. The number of aliphatic carboxylic acids is 1. The number of likely N-dealkylation sites (N-methyl/N-ethyl adjacent to an activating group) is 1. The van der Waals surface area contributed by atoms with Gasteiger partial charge >= 0.3 is 12.1 Å². The first-order valence-corrected chi connectivity index (χ1v) is 10.9. The van der Waals surface area contributed by atoms with Gasteiger partial charge in [-0.1, -0.05) is 60.7 Å². The first-order chi connectivity index (χ1) is 16.0. The van der Waals surface area contributed by atoms with E-state index in [0.717, 1.165) is 27.8 Å². The molecule has 0 aromatic heterocycles. The second kappa shape index (κ2) is 9.77. The summed E-state index contributed by atoms with van der Waals surface area (Å²) in [6, 6.07) is 22.7. The number of methoxy groups -OCH3 is 1. The van der Waals surface area contributed by atoms with Crippen molar-refractivity contribution >= 4 is 12.1 Å². The molecular weight excluding hydrogens is 418 g/mol. The Morgan fingerprint density at radius 1 is 0.970 bits per heavy atom. The first kappa shape index (κ1) is 22.4. The Kier molecular flexibility index (Phi) is 6.63. The molecule has 3 aromatic rings. The van der Waals surface area contributed by atoms with E-state index in [4.69, 9.17) is 9.47 Å². The summed E-state index contributed by atoms with van der Waals surface area (Å²) in [6.07, 6.45) is 0.119. The van der Waals surface area contributed by atoms with Crippen molar-refractivity contribution in [2.75, 3.05) is 20.8 Å². The fourth-order valence-electron chi connectivity index (χ4n) is 4.44. The number of carbonyl (C=O) groups excluding carboxylic acids is 1. The highest BCUT2D eigenvalue weighted by atomic mass is 16.6. The molecule has 1 atom stereocenters. The molecule has 0 unspecified atom stereocenters. The number of rotatable bonds is 8. The molecule has 1 amide bonds. The molecule has 6 heteroatoms. The molecule has 1 N–H and O–H groups in total. The van der Waals surface area contributed by atoms with E-state index in [9.17, 15) is 14.7 Å². The monoisotopic (exact) mass is 445 g/mol. The van der Waals surface area contributed by atoms with Gasteiger partial charge in [0.05, 0.1) is 7.11 Å². The van der Waals surface area contributed by atoms with Gasteiger partial charge in [0.1, 0.15) is 18.4 Å². The Morgan fingerprint density at radius 2 is 1.61 bits per heavy atom. The van der Waals surface area contributed by atoms with Crippen molar-refractivity contribution in [1.29, 1.82) is 0 Å². The topological polar surface area (TPSA) is 76.1 Å². The van der Waals surface area contributed by atoms with E-state index < -0.39 is 18.1 Å². The van der Waals surface area contributed by atoms with Crippen LogP contribution in [0.3, 0.4) is 0 Å². The molecule has 0 bridgehead atoms. The second-order valence-electron chi connectivity index (χ2n) is 8.16. The van der Waals surface area contributed by atoms with Gasteiger partial charge < -0.3 is 14.6 Å². The lowest BCUT2D eigenvalue weighted by atomic mass is 9.98. The molecule has 0 aliphatic heterocycles. The number of carboxylic acids is 1. The first-order valence-electron chi connectivity index (χ1n) is 10.9. The van der Waals surface area contributed by atoms with Crippen molar-refractivity contribution < 1.29 is 24.2 Å². The molecule has 0 saturated heterocycles. The van der Waals surface area contributed by atoms with Gasteiger partial charge in [0.2, 0.25) is 0 Å². The van der Waals surface area contributed by atoms with Crippen LogP contribution in [0.15, 0.2) is 72.8 Å². The van der Waals surface area contributed by atoms with Crippen LogP contribution in [-0.4, -0.2) is 48.9 Å². The minimum absolute atomic E-state index is 0.0742.